The molecule has 0 heterocycles. The highest BCUT2D eigenvalue weighted by atomic mass is 16.5. The minimum atomic E-state index is -0.778. The van der Waals surface area contributed by atoms with Crippen LogP contribution in [0.4, 0.5) is 0 Å². The van der Waals surface area contributed by atoms with Gasteiger partial charge in [-0.3, -0.25) is 4.79 Å². The van der Waals surface area contributed by atoms with Gasteiger partial charge in [0.05, 0.1) is 0 Å². The van der Waals surface area contributed by atoms with Crippen molar-refractivity contribution in [2.75, 3.05) is 6.61 Å². The second-order valence-corrected chi connectivity index (χ2v) is 3.06. The number of hydrogen-bond donors (Lipinski definition) is 1. The normalized spacial score (nSPS) is 10.1. The zero-order valence-corrected chi connectivity index (χ0v) is 9.01. The first-order valence-electron chi connectivity index (χ1n) is 4.76. The molecule has 0 saturated carbocycles. The van der Waals surface area contributed by atoms with Crippen LogP contribution in [0.5, 0.6) is 5.75 Å². The Balaban J connectivity index is 3.10. The number of para-hydroxylation sites is 1. The molecule has 84 valence electrons. The van der Waals surface area contributed by atoms with Gasteiger partial charge in [-0.2, -0.15) is 5.26 Å². The van der Waals surface area contributed by atoms with Gasteiger partial charge in [-0.1, -0.05) is 24.1 Å². The molecule has 0 aliphatic heterocycles. The number of amides is 1. The second-order valence-electron chi connectivity index (χ2n) is 3.06. The lowest BCUT2D eigenvalue weighted by atomic mass is 10.1. The molecule has 0 aromatic heterocycles. The lowest BCUT2D eigenvalue weighted by molar-refractivity contribution is -0.114. The minimum Gasteiger partial charge on any atom is -0.480 e. The molecule has 1 aromatic carbocycles. The zero-order chi connectivity index (χ0) is 12.7. The van der Waals surface area contributed by atoms with Crippen LogP contribution in [0.25, 0.3) is 6.08 Å². The lowest BCUT2D eigenvalue weighted by Gasteiger charge is -2.05. The predicted octanol–water partition coefficient (Wildman–Crippen LogP) is 1.09. The third-order valence-electron chi connectivity index (χ3n) is 1.92. The molecule has 0 bridgehead atoms. The maximum Gasteiger partial charge on any atom is 0.259 e. The summed E-state index contributed by atoms with van der Waals surface area (Å²) in [5.41, 5.74) is 5.49. The Hall–Kier alpha value is -2.72. The monoisotopic (exact) mass is 226 g/mol. The number of nitriles is 1. The van der Waals surface area contributed by atoms with Gasteiger partial charge in [0.2, 0.25) is 0 Å². The van der Waals surface area contributed by atoms with Crippen molar-refractivity contribution in [3.8, 4) is 24.2 Å². The van der Waals surface area contributed by atoms with Crippen LogP contribution in [-0.2, 0) is 4.79 Å². The number of terminal acetylenes is 1. The molecule has 0 unspecified atom stereocenters. The smallest absolute Gasteiger partial charge is 0.259 e. The van der Waals surface area contributed by atoms with Gasteiger partial charge in [-0.05, 0) is 12.1 Å². The van der Waals surface area contributed by atoms with Crippen molar-refractivity contribution in [1.29, 1.82) is 5.26 Å². The van der Waals surface area contributed by atoms with Crippen LogP contribution >= 0.6 is 0 Å². The van der Waals surface area contributed by atoms with Gasteiger partial charge in [-0.15, -0.1) is 6.42 Å². The van der Waals surface area contributed by atoms with Crippen LogP contribution in [0.1, 0.15) is 5.56 Å². The number of ether oxygens (including phenoxy) is 1. The molecule has 2 N–H and O–H groups in total. The maximum atomic E-state index is 10.9. The fourth-order valence-electron chi connectivity index (χ4n) is 1.16. The van der Waals surface area contributed by atoms with Crippen LogP contribution in [0.2, 0.25) is 0 Å². The van der Waals surface area contributed by atoms with Crippen LogP contribution in [0.3, 0.4) is 0 Å². The number of nitrogens with zero attached hydrogens (tertiary/aromatic N) is 1. The summed E-state index contributed by atoms with van der Waals surface area (Å²) in [4.78, 5) is 10.9. The number of nitrogens with two attached hydrogens (primary N) is 1. The number of carbonyl (C=O) groups excluding carboxylic acids is 1. The van der Waals surface area contributed by atoms with E-state index in [9.17, 15) is 4.79 Å². The van der Waals surface area contributed by atoms with Crippen molar-refractivity contribution < 1.29 is 9.53 Å². The van der Waals surface area contributed by atoms with Crippen molar-refractivity contribution in [2.24, 2.45) is 5.73 Å². The molecule has 1 aromatic rings. The van der Waals surface area contributed by atoms with Crippen molar-refractivity contribution in [3.05, 3.63) is 35.4 Å². The summed E-state index contributed by atoms with van der Waals surface area (Å²) in [6, 6.07) is 8.64. The molecule has 0 fully saturated rings. The summed E-state index contributed by atoms with van der Waals surface area (Å²) in [7, 11) is 0. The Morgan fingerprint density at radius 2 is 2.24 bits per heavy atom. The highest BCUT2D eigenvalue weighted by molar-refractivity contribution is 6.00. The molecule has 17 heavy (non-hydrogen) atoms. The van der Waals surface area contributed by atoms with Gasteiger partial charge < -0.3 is 10.5 Å². The van der Waals surface area contributed by atoms with E-state index in [-0.39, 0.29) is 12.2 Å². The van der Waals surface area contributed by atoms with Gasteiger partial charge in [0.1, 0.15) is 24.0 Å². The molecule has 4 nitrogen and oxygen atoms in total. The predicted molar refractivity (Wildman–Crippen MR) is 63.6 cm³/mol. The van der Waals surface area contributed by atoms with Crippen LogP contribution in [0.15, 0.2) is 29.8 Å². The van der Waals surface area contributed by atoms with Crippen molar-refractivity contribution in [1.82, 2.24) is 0 Å². The molecule has 0 radical (unpaired) electrons. The van der Waals surface area contributed by atoms with Gasteiger partial charge in [0.25, 0.3) is 5.91 Å². The summed E-state index contributed by atoms with van der Waals surface area (Å²) in [6.07, 6.45) is 6.45. The Morgan fingerprint density at radius 1 is 1.53 bits per heavy atom. The van der Waals surface area contributed by atoms with Crippen molar-refractivity contribution in [3.63, 3.8) is 0 Å². The number of carbonyl (C=O) groups is 1. The topological polar surface area (TPSA) is 76.1 Å². The molecular weight excluding hydrogens is 216 g/mol. The van der Waals surface area contributed by atoms with E-state index < -0.39 is 5.91 Å². The van der Waals surface area contributed by atoms with Gasteiger partial charge in [0, 0.05) is 5.56 Å². The number of primary amides is 1. The standard InChI is InChI=1S/C13H10N2O2/c1-2-7-17-12-6-4-3-5-10(12)8-11(9-14)13(15)16/h1,3-6,8H,7H2,(H2,15,16)/b11-8+. The van der Waals surface area contributed by atoms with E-state index in [1.807, 2.05) is 0 Å². The van der Waals surface area contributed by atoms with Crippen molar-refractivity contribution >= 4 is 12.0 Å². The van der Waals surface area contributed by atoms with E-state index >= 15 is 0 Å². The quantitative estimate of drug-likeness (QED) is 0.474. The summed E-state index contributed by atoms with van der Waals surface area (Å²) >= 11 is 0. The minimum absolute atomic E-state index is 0.114. The highest BCUT2D eigenvalue weighted by Gasteiger charge is 2.06. The maximum absolute atomic E-state index is 10.9. The summed E-state index contributed by atoms with van der Waals surface area (Å²) in [5.74, 6) is 2.05. The zero-order valence-electron chi connectivity index (χ0n) is 9.01. The largest absolute Gasteiger partial charge is 0.480 e. The Labute approximate surface area is 99.3 Å². The number of hydrogen-bond acceptors (Lipinski definition) is 3. The highest BCUT2D eigenvalue weighted by Crippen LogP contribution is 2.20. The molecule has 0 saturated heterocycles. The Bertz CT molecular complexity index is 533. The molecule has 0 atom stereocenters. The van der Waals surface area contributed by atoms with Gasteiger partial charge in [-0.25, -0.2) is 0 Å². The molecular formula is C13H10N2O2. The van der Waals surface area contributed by atoms with E-state index in [1.54, 1.807) is 30.3 Å². The van der Waals surface area contributed by atoms with E-state index in [0.717, 1.165) is 0 Å². The second kappa shape index (κ2) is 5.99. The molecule has 0 spiro atoms. The lowest BCUT2D eigenvalue weighted by Crippen LogP contribution is -2.12. The summed E-state index contributed by atoms with van der Waals surface area (Å²) < 4.78 is 5.27. The summed E-state index contributed by atoms with van der Waals surface area (Å²) in [5, 5.41) is 8.73. The summed E-state index contributed by atoms with van der Waals surface area (Å²) in [6.45, 7) is 0.114. The Morgan fingerprint density at radius 3 is 2.82 bits per heavy atom. The van der Waals surface area contributed by atoms with Crippen molar-refractivity contribution in [2.45, 2.75) is 0 Å². The van der Waals surface area contributed by atoms with Gasteiger partial charge >= 0.3 is 0 Å². The van der Waals surface area contributed by atoms with Gasteiger partial charge in [0.15, 0.2) is 0 Å². The third kappa shape index (κ3) is 3.40. The fraction of sp³-hybridized carbons (Fsp3) is 0.0769. The first-order valence-corrected chi connectivity index (χ1v) is 4.76. The average Bonchev–Trinajstić information content (AvgIpc) is 2.34. The first kappa shape index (κ1) is 12.4. The molecule has 0 aliphatic carbocycles. The van der Waals surface area contributed by atoms with Crippen LogP contribution in [-0.4, -0.2) is 12.5 Å². The van der Waals surface area contributed by atoms with E-state index in [4.69, 9.17) is 22.2 Å². The third-order valence-corrected chi connectivity index (χ3v) is 1.92. The molecule has 1 rings (SSSR count). The first-order chi connectivity index (χ1) is 8.19. The van der Waals surface area contributed by atoms with E-state index in [0.29, 0.717) is 11.3 Å². The molecule has 1 amide bonds. The van der Waals surface area contributed by atoms with E-state index in [2.05, 4.69) is 5.92 Å². The van der Waals surface area contributed by atoms with Crippen LogP contribution < -0.4 is 10.5 Å². The number of benzene rings is 1. The average molecular weight is 226 g/mol. The van der Waals surface area contributed by atoms with E-state index in [1.165, 1.54) is 6.08 Å². The fourth-order valence-corrected chi connectivity index (χ4v) is 1.16. The molecule has 4 heteroatoms. The number of rotatable bonds is 4. The molecule has 0 aliphatic rings. The van der Waals surface area contributed by atoms with Crippen LogP contribution in [0, 0.1) is 23.7 Å². The Kier molecular flexibility index (Phi) is 4.35. The SMILES string of the molecule is C#CCOc1ccccc1/C=C(\C#N)C(N)=O.